The van der Waals surface area contributed by atoms with Crippen LogP contribution in [0.15, 0.2) is 52.9 Å². The Hall–Kier alpha value is -2.96. The summed E-state index contributed by atoms with van der Waals surface area (Å²) in [7, 11) is -3.59. The summed E-state index contributed by atoms with van der Waals surface area (Å²) in [6.45, 7) is 0.642. The van der Waals surface area contributed by atoms with Crippen LogP contribution in [0.25, 0.3) is 0 Å². The van der Waals surface area contributed by atoms with E-state index in [2.05, 4.69) is 4.98 Å². The molecule has 2 heterocycles. The number of anilines is 2. The van der Waals surface area contributed by atoms with Crippen molar-refractivity contribution in [2.75, 3.05) is 18.1 Å². The Morgan fingerprint density at radius 3 is 2.86 bits per heavy atom. The molecule has 0 aliphatic carbocycles. The van der Waals surface area contributed by atoms with E-state index in [-0.39, 0.29) is 22.9 Å². The number of benzene rings is 2. The number of fused-ring (bicyclic) bond motifs is 1. The number of rotatable bonds is 4. The molecule has 0 atom stereocenters. The minimum atomic E-state index is -3.59. The molecule has 28 heavy (non-hydrogen) atoms. The number of sulfone groups is 1. The fourth-order valence-corrected chi connectivity index (χ4v) is 5.27. The molecule has 142 valence electrons. The van der Waals surface area contributed by atoms with E-state index in [9.17, 15) is 12.8 Å². The Bertz CT molecular complexity index is 1170. The Labute approximate surface area is 165 Å². The van der Waals surface area contributed by atoms with Gasteiger partial charge in [-0.3, -0.25) is 0 Å². The summed E-state index contributed by atoms with van der Waals surface area (Å²) in [6, 6.07) is 10.7. The molecule has 0 spiro atoms. The van der Waals surface area contributed by atoms with Crippen LogP contribution >= 0.6 is 11.3 Å². The van der Waals surface area contributed by atoms with Gasteiger partial charge in [-0.25, -0.2) is 17.8 Å². The molecule has 0 bridgehead atoms. The van der Waals surface area contributed by atoms with E-state index in [1.165, 1.54) is 41.7 Å². The van der Waals surface area contributed by atoms with E-state index in [0.717, 1.165) is 0 Å². The maximum atomic E-state index is 14.4. The van der Waals surface area contributed by atoms with Crippen LogP contribution in [0, 0.1) is 17.1 Å². The number of nitriles is 1. The highest BCUT2D eigenvalue weighted by atomic mass is 32.2. The van der Waals surface area contributed by atoms with Gasteiger partial charge in [0, 0.05) is 17.6 Å². The van der Waals surface area contributed by atoms with Crippen molar-refractivity contribution in [3.8, 4) is 11.8 Å². The quantitative estimate of drug-likeness (QED) is 0.647. The van der Waals surface area contributed by atoms with Crippen LogP contribution < -0.4 is 9.64 Å². The number of hydrogen-bond acceptors (Lipinski definition) is 7. The van der Waals surface area contributed by atoms with Gasteiger partial charge in [0.1, 0.15) is 28.9 Å². The number of aromatic nitrogens is 1. The zero-order chi connectivity index (χ0) is 19.7. The van der Waals surface area contributed by atoms with Crippen LogP contribution in [0.2, 0.25) is 0 Å². The molecule has 0 saturated heterocycles. The van der Waals surface area contributed by atoms with Crippen LogP contribution in [0.4, 0.5) is 15.8 Å². The lowest BCUT2D eigenvalue weighted by Gasteiger charge is -2.31. The first-order valence-electron chi connectivity index (χ1n) is 8.33. The topological polar surface area (TPSA) is 83.3 Å². The van der Waals surface area contributed by atoms with E-state index >= 15 is 0 Å². The summed E-state index contributed by atoms with van der Waals surface area (Å²) in [5, 5.41) is 11.3. The Morgan fingerprint density at radius 2 is 2.11 bits per heavy atom. The molecule has 1 aliphatic heterocycles. The summed E-state index contributed by atoms with van der Waals surface area (Å²) in [6.07, 6.45) is 1.56. The van der Waals surface area contributed by atoms with Gasteiger partial charge in [0.15, 0.2) is 9.84 Å². The first-order valence-corrected chi connectivity index (χ1v) is 10.9. The highest BCUT2D eigenvalue weighted by Gasteiger charge is 2.25. The van der Waals surface area contributed by atoms with E-state index < -0.39 is 15.7 Å². The van der Waals surface area contributed by atoms with Crippen LogP contribution in [0.3, 0.4) is 0 Å². The fraction of sp³-hybridized carbons (Fsp3) is 0.158. The molecule has 4 rings (SSSR count). The lowest BCUT2D eigenvalue weighted by molar-refractivity contribution is 0.312. The van der Waals surface area contributed by atoms with Gasteiger partial charge in [-0.05, 0) is 30.3 Å². The number of ether oxygens (including phenoxy) is 1. The van der Waals surface area contributed by atoms with Crippen molar-refractivity contribution in [3.63, 3.8) is 0 Å². The molecule has 0 N–H and O–H groups in total. The van der Waals surface area contributed by atoms with Gasteiger partial charge in [-0.15, -0.1) is 11.3 Å². The van der Waals surface area contributed by atoms with E-state index in [0.29, 0.717) is 28.6 Å². The second-order valence-corrected chi connectivity index (χ2v) is 9.06. The third kappa shape index (κ3) is 3.44. The molecule has 9 heteroatoms. The summed E-state index contributed by atoms with van der Waals surface area (Å²) < 4.78 is 45.4. The van der Waals surface area contributed by atoms with Crippen molar-refractivity contribution in [1.29, 1.82) is 5.26 Å². The van der Waals surface area contributed by atoms with Crippen molar-refractivity contribution < 1.29 is 17.5 Å². The number of nitrogens with zero attached hydrogens (tertiary/aromatic N) is 3. The standard InChI is InChI=1S/C19H14FN3O3S2/c20-15-3-1-13(11-21)9-17(15)23-6-7-26-18-10-14(2-4-16(18)23)28(24,25)12-19-22-5-8-27-19/h1-5,8-10H,6-7,12H2. The smallest absolute Gasteiger partial charge is 0.185 e. The van der Waals surface area contributed by atoms with Gasteiger partial charge in [-0.2, -0.15) is 5.26 Å². The zero-order valence-electron chi connectivity index (χ0n) is 14.5. The van der Waals surface area contributed by atoms with Gasteiger partial charge in [-0.1, -0.05) is 0 Å². The average Bonchev–Trinajstić information content (AvgIpc) is 3.20. The minimum Gasteiger partial charge on any atom is -0.489 e. The molecule has 6 nitrogen and oxygen atoms in total. The molecule has 3 aromatic rings. The number of halogens is 1. The molecule has 0 amide bonds. The lowest BCUT2D eigenvalue weighted by atomic mass is 10.1. The largest absolute Gasteiger partial charge is 0.489 e. The van der Waals surface area contributed by atoms with Gasteiger partial charge >= 0.3 is 0 Å². The van der Waals surface area contributed by atoms with Crippen molar-refractivity contribution in [2.45, 2.75) is 10.6 Å². The molecular weight excluding hydrogens is 401 g/mol. The summed E-state index contributed by atoms with van der Waals surface area (Å²) in [5.41, 5.74) is 1.14. The number of thiazole rings is 1. The maximum Gasteiger partial charge on any atom is 0.185 e. The molecule has 0 saturated carbocycles. The van der Waals surface area contributed by atoms with Crippen LogP contribution in [-0.2, 0) is 15.6 Å². The highest BCUT2D eigenvalue weighted by Crippen LogP contribution is 2.39. The third-order valence-corrected chi connectivity index (χ3v) is 6.90. The van der Waals surface area contributed by atoms with Crippen molar-refractivity contribution in [3.05, 3.63) is 64.4 Å². The van der Waals surface area contributed by atoms with Gasteiger partial charge in [0.05, 0.1) is 34.4 Å². The minimum absolute atomic E-state index is 0.120. The van der Waals surface area contributed by atoms with E-state index in [4.69, 9.17) is 10.00 Å². The second-order valence-electron chi connectivity index (χ2n) is 6.09. The molecule has 0 unspecified atom stereocenters. The molecule has 0 radical (unpaired) electrons. The van der Waals surface area contributed by atoms with Crippen LogP contribution in [-0.4, -0.2) is 26.6 Å². The van der Waals surface area contributed by atoms with Crippen molar-refractivity contribution in [2.24, 2.45) is 0 Å². The zero-order valence-corrected chi connectivity index (χ0v) is 16.1. The molecule has 2 aromatic carbocycles. The maximum absolute atomic E-state index is 14.4. The fourth-order valence-electron chi connectivity index (χ4n) is 3.00. The van der Waals surface area contributed by atoms with E-state index in [1.54, 1.807) is 22.5 Å². The first-order chi connectivity index (χ1) is 13.5. The lowest BCUT2D eigenvalue weighted by Crippen LogP contribution is -2.29. The molecule has 1 aromatic heterocycles. The second kappa shape index (κ2) is 7.22. The van der Waals surface area contributed by atoms with Gasteiger partial charge in [0.2, 0.25) is 0 Å². The third-order valence-electron chi connectivity index (χ3n) is 4.32. The van der Waals surface area contributed by atoms with Gasteiger partial charge in [0.25, 0.3) is 0 Å². The predicted octanol–water partition coefficient (Wildman–Crippen LogP) is 3.66. The number of hydrogen-bond donors (Lipinski definition) is 0. The predicted molar refractivity (Wildman–Crippen MR) is 103 cm³/mol. The highest BCUT2D eigenvalue weighted by molar-refractivity contribution is 7.90. The Kier molecular flexibility index (Phi) is 4.75. The van der Waals surface area contributed by atoms with Crippen molar-refractivity contribution in [1.82, 2.24) is 4.98 Å². The molecular formula is C19H14FN3O3S2. The van der Waals surface area contributed by atoms with Crippen LogP contribution in [0.5, 0.6) is 5.75 Å². The van der Waals surface area contributed by atoms with Crippen molar-refractivity contribution >= 4 is 32.5 Å². The molecule has 0 fully saturated rings. The summed E-state index contributed by atoms with van der Waals surface area (Å²) in [5.74, 6) is -0.299. The van der Waals surface area contributed by atoms with E-state index in [1.807, 2.05) is 6.07 Å². The molecule has 1 aliphatic rings. The first kappa shape index (κ1) is 18.4. The summed E-state index contributed by atoms with van der Waals surface area (Å²) >= 11 is 1.28. The summed E-state index contributed by atoms with van der Waals surface area (Å²) in [4.78, 5) is 5.83. The monoisotopic (exact) mass is 415 g/mol. The Morgan fingerprint density at radius 1 is 1.25 bits per heavy atom. The van der Waals surface area contributed by atoms with Gasteiger partial charge < -0.3 is 9.64 Å². The van der Waals surface area contributed by atoms with Crippen LogP contribution in [0.1, 0.15) is 10.6 Å². The normalized spacial score (nSPS) is 13.5. The Balaban J connectivity index is 1.71. The average molecular weight is 415 g/mol. The SMILES string of the molecule is N#Cc1ccc(F)c(N2CCOc3cc(S(=O)(=O)Cc4nccs4)ccc32)c1.